The number of benzene rings is 1. The third kappa shape index (κ3) is 1.97. The number of nitrogens with zero attached hydrogens (tertiary/aromatic N) is 1. The first-order chi connectivity index (χ1) is 8.34. The van der Waals surface area contributed by atoms with Gasteiger partial charge in [-0.05, 0) is 44.6 Å². The van der Waals surface area contributed by atoms with Gasteiger partial charge in [-0.25, -0.2) is 0 Å². The number of aromatic hydroxyl groups is 1. The molecule has 2 N–H and O–H groups in total. The zero-order valence-electron chi connectivity index (χ0n) is 8.33. The number of nitro groups is 1. The summed E-state index contributed by atoms with van der Waals surface area (Å²) in [6, 6.07) is 1.46. The Kier molecular flexibility index (Phi) is 3.52. The van der Waals surface area contributed by atoms with Crippen LogP contribution >= 0.6 is 50.1 Å². The molecule has 1 heterocycles. The summed E-state index contributed by atoms with van der Waals surface area (Å²) < 4.78 is 0.957. The van der Waals surface area contributed by atoms with Crippen molar-refractivity contribution in [2.75, 3.05) is 0 Å². The first-order valence-electron chi connectivity index (χ1n) is 4.41. The van der Waals surface area contributed by atoms with Crippen LogP contribution < -0.4 is 5.56 Å². The van der Waals surface area contributed by atoms with Gasteiger partial charge < -0.3 is 10.1 Å². The second-order valence-corrected chi connectivity index (χ2v) is 5.65. The molecule has 0 radical (unpaired) electrons. The van der Waals surface area contributed by atoms with E-state index in [1.807, 2.05) is 22.6 Å². The summed E-state index contributed by atoms with van der Waals surface area (Å²) in [5.74, 6) is -0.672. The number of hydrogen-bond donors (Lipinski definition) is 2. The van der Waals surface area contributed by atoms with Crippen LogP contribution in [0, 0.1) is 13.7 Å². The van der Waals surface area contributed by atoms with Crippen LogP contribution in [0.15, 0.2) is 15.3 Å². The minimum absolute atomic E-state index is 0.155. The molecule has 0 saturated heterocycles. The topological polar surface area (TPSA) is 96.2 Å². The average molecular weight is 445 g/mol. The van der Waals surface area contributed by atoms with E-state index in [1.165, 1.54) is 6.07 Å². The fourth-order valence-corrected chi connectivity index (χ4v) is 3.11. The van der Waals surface area contributed by atoms with E-state index in [0.29, 0.717) is 13.1 Å². The Morgan fingerprint density at radius 3 is 2.72 bits per heavy atom. The first kappa shape index (κ1) is 13.6. The number of rotatable bonds is 1. The molecular formula is C9H3BrClIN2O4. The molecular weight excluding hydrogens is 442 g/mol. The third-order valence-electron chi connectivity index (χ3n) is 2.28. The van der Waals surface area contributed by atoms with Crippen molar-refractivity contribution < 1.29 is 10.0 Å². The van der Waals surface area contributed by atoms with Crippen LogP contribution in [-0.2, 0) is 0 Å². The predicted octanol–water partition coefficient (Wildman–Crippen LogP) is 3.16. The van der Waals surface area contributed by atoms with Gasteiger partial charge in [-0.1, -0.05) is 11.6 Å². The van der Waals surface area contributed by atoms with Crippen molar-refractivity contribution in [3.63, 3.8) is 0 Å². The van der Waals surface area contributed by atoms with Crippen LogP contribution in [0.1, 0.15) is 0 Å². The maximum Gasteiger partial charge on any atom is 0.375 e. The maximum atomic E-state index is 11.5. The largest absolute Gasteiger partial charge is 0.501 e. The Hall–Kier alpha value is -0.870. The molecule has 0 atom stereocenters. The summed E-state index contributed by atoms with van der Waals surface area (Å²) in [5, 5.41) is 21.0. The molecule has 0 unspecified atom stereocenters. The second-order valence-electron chi connectivity index (χ2n) is 3.32. The Bertz CT molecular complexity index is 746. The van der Waals surface area contributed by atoms with Crippen molar-refractivity contribution in [3.8, 4) is 5.75 Å². The van der Waals surface area contributed by atoms with Crippen molar-refractivity contribution in [3.05, 3.63) is 39.6 Å². The van der Waals surface area contributed by atoms with Gasteiger partial charge in [-0.3, -0.25) is 14.9 Å². The van der Waals surface area contributed by atoms with E-state index in [4.69, 9.17) is 11.6 Å². The molecule has 0 aliphatic rings. The Morgan fingerprint density at radius 1 is 1.56 bits per heavy atom. The van der Waals surface area contributed by atoms with Gasteiger partial charge in [-0.15, -0.1) is 0 Å². The molecule has 0 saturated carbocycles. The highest BCUT2D eigenvalue weighted by Gasteiger charge is 2.24. The zero-order valence-corrected chi connectivity index (χ0v) is 12.8. The van der Waals surface area contributed by atoms with Crippen molar-refractivity contribution in [2.45, 2.75) is 0 Å². The second kappa shape index (κ2) is 4.67. The Balaban J connectivity index is 3.06. The molecule has 18 heavy (non-hydrogen) atoms. The molecule has 1 aromatic heterocycles. The number of fused-ring (bicyclic) bond motifs is 1. The number of H-pyrrole nitrogens is 1. The Morgan fingerprint density at radius 2 is 2.17 bits per heavy atom. The standard InChI is InChI=1S/C9H3BrClIN2O4/c10-4-5(11)3(12)1-2-6(4)13-9(16)7(8(2)15)14(17)18/h1H,(H2,13,15,16). The average Bonchev–Trinajstić information content (AvgIpc) is 2.28. The van der Waals surface area contributed by atoms with Crippen molar-refractivity contribution in [1.82, 2.24) is 4.98 Å². The highest BCUT2D eigenvalue weighted by atomic mass is 127. The fourth-order valence-electron chi connectivity index (χ4n) is 1.48. The predicted molar refractivity (Wildman–Crippen MR) is 78.3 cm³/mol. The van der Waals surface area contributed by atoms with E-state index in [9.17, 15) is 20.0 Å². The quantitative estimate of drug-likeness (QED) is 0.305. The van der Waals surface area contributed by atoms with Crippen molar-refractivity contribution in [2.24, 2.45) is 0 Å². The summed E-state index contributed by atoms with van der Waals surface area (Å²) >= 11 is 11.1. The minimum atomic E-state index is -0.983. The number of pyridine rings is 1. The van der Waals surface area contributed by atoms with Gasteiger partial charge in [0.05, 0.1) is 19.9 Å². The fraction of sp³-hybridized carbons (Fsp3) is 0. The summed E-state index contributed by atoms with van der Waals surface area (Å²) in [6.07, 6.45) is 0. The van der Waals surface area contributed by atoms with Gasteiger partial charge in [0, 0.05) is 8.96 Å². The van der Waals surface area contributed by atoms with E-state index in [1.54, 1.807) is 0 Å². The highest BCUT2D eigenvalue weighted by molar-refractivity contribution is 14.1. The van der Waals surface area contributed by atoms with Gasteiger partial charge >= 0.3 is 11.2 Å². The van der Waals surface area contributed by atoms with Crippen LogP contribution in [-0.4, -0.2) is 15.0 Å². The van der Waals surface area contributed by atoms with Gasteiger partial charge in [0.15, 0.2) is 0 Å². The van der Waals surface area contributed by atoms with Gasteiger partial charge in [0.25, 0.3) is 0 Å². The van der Waals surface area contributed by atoms with Gasteiger partial charge in [0.2, 0.25) is 5.75 Å². The molecule has 0 aliphatic carbocycles. The molecule has 0 bridgehead atoms. The molecule has 9 heteroatoms. The molecule has 0 fully saturated rings. The summed E-state index contributed by atoms with van der Waals surface area (Å²) in [7, 11) is 0. The van der Waals surface area contributed by atoms with Crippen LogP contribution in [0.2, 0.25) is 5.02 Å². The summed E-state index contributed by atoms with van der Waals surface area (Å²) in [5.41, 5.74) is -1.65. The monoisotopic (exact) mass is 444 g/mol. The molecule has 2 aromatic rings. The smallest absolute Gasteiger partial charge is 0.375 e. The van der Waals surface area contributed by atoms with E-state index >= 15 is 0 Å². The minimum Gasteiger partial charge on any atom is -0.501 e. The molecule has 0 amide bonds. The lowest BCUT2D eigenvalue weighted by atomic mass is 10.2. The lowest BCUT2D eigenvalue weighted by Crippen LogP contribution is -2.12. The van der Waals surface area contributed by atoms with Crippen LogP contribution in [0.5, 0.6) is 5.75 Å². The van der Waals surface area contributed by atoms with E-state index in [0.717, 1.165) is 0 Å². The third-order valence-corrected chi connectivity index (χ3v) is 4.86. The molecule has 0 spiro atoms. The van der Waals surface area contributed by atoms with Gasteiger partial charge in [0.1, 0.15) is 0 Å². The van der Waals surface area contributed by atoms with Gasteiger partial charge in [-0.2, -0.15) is 0 Å². The van der Waals surface area contributed by atoms with Crippen LogP contribution in [0.3, 0.4) is 0 Å². The van der Waals surface area contributed by atoms with Crippen molar-refractivity contribution >= 4 is 66.7 Å². The summed E-state index contributed by atoms with van der Waals surface area (Å²) in [6.45, 7) is 0. The van der Waals surface area contributed by atoms with Crippen LogP contribution in [0.25, 0.3) is 10.9 Å². The SMILES string of the molecule is O=c1[nH]c2c(Br)c(Cl)c(I)cc2c(O)c1[N+](=O)[O-]. The highest BCUT2D eigenvalue weighted by Crippen LogP contribution is 2.39. The Labute approximate surface area is 126 Å². The zero-order chi connectivity index (χ0) is 13.6. The maximum absolute atomic E-state index is 11.5. The normalized spacial score (nSPS) is 10.8. The van der Waals surface area contributed by atoms with Crippen molar-refractivity contribution in [1.29, 1.82) is 0 Å². The van der Waals surface area contributed by atoms with E-state index < -0.39 is 21.9 Å². The summed E-state index contributed by atoms with van der Waals surface area (Å²) in [4.78, 5) is 23.6. The molecule has 1 aromatic carbocycles. The number of hydrogen-bond acceptors (Lipinski definition) is 4. The number of aromatic nitrogens is 1. The van der Waals surface area contributed by atoms with Crippen LogP contribution in [0.4, 0.5) is 5.69 Å². The lowest BCUT2D eigenvalue weighted by molar-refractivity contribution is -0.387. The molecule has 94 valence electrons. The number of halogens is 3. The number of aromatic amines is 1. The molecule has 2 rings (SSSR count). The lowest BCUT2D eigenvalue weighted by Gasteiger charge is -2.07. The first-order valence-corrected chi connectivity index (χ1v) is 6.66. The van der Waals surface area contributed by atoms with E-state index in [-0.39, 0.29) is 10.9 Å². The molecule has 0 aliphatic heterocycles. The molecule has 6 nitrogen and oxygen atoms in total. The number of nitrogens with one attached hydrogen (secondary N) is 1. The van der Waals surface area contributed by atoms with E-state index in [2.05, 4.69) is 20.9 Å².